The van der Waals surface area contributed by atoms with Gasteiger partial charge >= 0.3 is 0 Å². The molecule has 0 aliphatic carbocycles. The minimum Gasteiger partial charge on any atom is -0.371 e. The standard InChI is InChI=1S/C21H26ClFN4/c1-15-2-3-19(12-20(15)22)26-8-4-16(5-9-26)17-6-10-27(11-7-17)21-24-13-18(23)14-25-21/h2-3,12-14,16-17H,4-11H2,1H3. The first kappa shape index (κ1) is 18.5. The van der Waals surface area contributed by atoms with Crippen LogP contribution in [0.1, 0.15) is 31.2 Å². The molecule has 2 aliphatic heterocycles. The van der Waals surface area contributed by atoms with Crippen molar-refractivity contribution in [1.29, 1.82) is 0 Å². The van der Waals surface area contributed by atoms with Gasteiger partial charge in [0.1, 0.15) is 0 Å². The monoisotopic (exact) mass is 388 g/mol. The highest BCUT2D eigenvalue weighted by Gasteiger charge is 2.30. The average molecular weight is 389 g/mol. The molecule has 2 saturated heterocycles. The fraction of sp³-hybridized carbons (Fsp3) is 0.524. The number of aromatic nitrogens is 2. The molecule has 0 saturated carbocycles. The lowest BCUT2D eigenvalue weighted by Gasteiger charge is -2.41. The summed E-state index contributed by atoms with van der Waals surface area (Å²) in [6, 6.07) is 6.39. The summed E-state index contributed by atoms with van der Waals surface area (Å²) in [7, 11) is 0. The van der Waals surface area contributed by atoms with E-state index in [1.54, 1.807) is 0 Å². The van der Waals surface area contributed by atoms with E-state index in [1.807, 2.05) is 6.92 Å². The average Bonchev–Trinajstić information content (AvgIpc) is 2.71. The summed E-state index contributed by atoms with van der Waals surface area (Å²) in [5.41, 5.74) is 2.37. The van der Waals surface area contributed by atoms with E-state index < -0.39 is 0 Å². The molecular formula is C21H26ClFN4. The van der Waals surface area contributed by atoms with Gasteiger partial charge in [0.05, 0.1) is 12.4 Å². The van der Waals surface area contributed by atoms with Gasteiger partial charge in [-0.1, -0.05) is 17.7 Å². The minimum absolute atomic E-state index is 0.379. The number of benzene rings is 1. The Balaban J connectivity index is 1.29. The van der Waals surface area contributed by atoms with E-state index in [9.17, 15) is 4.39 Å². The van der Waals surface area contributed by atoms with Crippen LogP contribution in [-0.2, 0) is 0 Å². The van der Waals surface area contributed by atoms with Crippen LogP contribution in [0.15, 0.2) is 30.6 Å². The number of halogens is 2. The fourth-order valence-corrected chi connectivity index (χ4v) is 4.62. The van der Waals surface area contributed by atoms with Gasteiger partial charge in [0.25, 0.3) is 0 Å². The van der Waals surface area contributed by atoms with Crippen LogP contribution in [0, 0.1) is 24.6 Å². The van der Waals surface area contributed by atoms with Crippen LogP contribution in [0.3, 0.4) is 0 Å². The van der Waals surface area contributed by atoms with Crippen molar-refractivity contribution in [2.45, 2.75) is 32.6 Å². The molecule has 0 atom stereocenters. The van der Waals surface area contributed by atoms with Crippen LogP contribution in [0.25, 0.3) is 0 Å². The number of hydrogen-bond acceptors (Lipinski definition) is 4. The first-order valence-electron chi connectivity index (χ1n) is 9.84. The second kappa shape index (κ2) is 8.01. The molecule has 6 heteroatoms. The van der Waals surface area contributed by atoms with Crippen molar-refractivity contribution < 1.29 is 4.39 Å². The zero-order valence-corrected chi connectivity index (χ0v) is 16.5. The Hall–Kier alpha value is -1.88. The molecule has 1 aromatic heterocycles. The lowest BCUT2D eigenvalue weighted by atomic mass is 9.79. The largest absolute Gasteiger partial charge is 0.371 e. The van der Waals surface area contributed by atoms with Gasteiger partial charge < -0.3 is 9.80 Å². The number of aryl methyl sites for hydroxylation is 1. The van der Waals surface area contributed by atoms with Crippen molar-refractivity contribution in [2.75, 3.05) is 36.0 Å². The molecule has 0 bridgehead atoms. The molecule has 2 fully saturated rings. The predicted molar refractivity (Wildman–Crippen MR) is 108 cm³/mol. The van der Waals surface area contributed by atoms with E-state index in [-0.39, 0.29) is 5.82 Å². The summed E-state index contributed by atoms with van der Waals surface area (Å²) in [6.07, 6.45) is 7.32. The first-order chi connectivity index (χ1) is 13.1. The van der Waals surface area contributed by atoms with E-state index in [2.05, 4.69) is 38.0 Å². The van der Waals surface area contributed by atoms with Crippen LogP contribution in [0.5, 0.6) is 0 Å². The van der Waals surface area contributed by atoms with E-state index in [0.717, 1.165) is 48.6 Å². The van der Waals surface area contributed by atoms with Crippen LogP contribution < -0.4 is 9.80 Å². The number of rotatable bonds is 3. The van der Waals surface area contributed by atoms with Gasteiger partial charge in [-0.15, -0.1) is 0 Å². The highest BCUT2D eigenvalue weighted by atomic mass is 35.5. The van der Waals surface area contributed by atoms with E-state index >= 15 is 0 Å². The molecule has 3 heterocycles. The Labute approximate surface area is 165 Å². The first-order valence-corrected chi connectivity index (χ1v) is 10.2. The lowest BCUT2D eigenvalue weighted by molar-refractivity contribution is 0.232. The number of nitrogens with zero attached hydrogens (tertiary/aromatic N) is 4. The van der Waals surface area contributed by atoms with Gasteiger partial charge in [-0.2, -0.15) is 0 Å². The van der Waals surface area contributed by atoms with Crippen LogP contribution in [0.4, 0.5) is 16.0 Å². The van der Waals surface area contributed by atoms with Crippen molar-refractivity contribution in [3.05, 3.63) is 47.0 Å². The Kier molecular flexibility index (Phi) is 5.48. The molecule has 0 radical (unpaired) electrons. The molecule has 4 nitrogen and oxygen atoms in total. The normalized spacial score (nSPS) is 19.5. The van der Waals surface area contributed by atoms with Gasteiger partial charge in [0.2, 0.25) is 5.95 Å². The van der Waals surface area contributed by atoms with Crippen LogP contribution in [-0.4, -0.2) is 36.1 Å². The molecule has 1 aromatic carbocycles. The number of piperidine rings is 2. The Morgan fingerprint density at radius 1 is 0.926 bits per heavy atom. The van der Waals surface area contributed by atoms with E-state index in [4.69, 9.17) is 11.6 Å². The molecule has 0 spiro atoms. The Morgan fingerprint density at radius 2 is 1.48 bits per heavy atom. The maximum atomic E-state index is 13.0. The third-order valence-electron chi connectivity index (χ3n) is 6.16. The number of hydrogen-bond donors (Lipinski definition) is 0. The summed E-state index contributed by atoms with van der Waals surface area (Å²) in [6.45, 7) is 6.17. The summed E-state index contributed by atoms with van der Waals surface area (Å²) in [5.74, 6) is 1.83. The molecule has 4 rings (SSSR count). The summed E-state index contributed by atoms with van der Waals surface area (Å²) in [5, 5.41) is 0.852. The van der Waals surface area contributed by atoms with Crippen molar-refractivity contribution in [1.82, 2.24) is 9.97 Å². The van der Waals surface area contributed by atoms with Crippen molar-refractivity contribution in [3.8, 4) is 0 Å². The van der Waals surface area contributed by atoms with Gasteiger partial charge in [-0.05, 0) is 62.1 Å². The fourth-order valence-electron chi connectivity index (χ4n) is 4.45. The summed E-state index contributed by atoms with van der Waals surface area (Å²) in [4.78, 5) is 12.9. The highest BCUT2D eigenvalue weighted by molar-refractivity contribution is 6.31. The molecule has 0 unspecified atom stereocenters. The van der Waals surface area contributed by atoms with Gasteiger partial charge in [-0.25, -0.2) is 14.4 Å². The number of anilines is 2. The molecule has 2 aromatic rings. The van der Waals surface area contributed by atoms with Crippen molar-refractivity contribution in [2.24, 2.45) is 11.8 Å². The lowest BCUT2D eigenvalue weighted by Crippen LogP contribution is -2.41. The highest BCUT2D eigenvalue weighted by Crippen LogP contribution is 2.35. The Morgan fingerprint density at radius 3 is 2.04 bits per heavy atom. The summed E-state index contributed by atoms with van der Waals surface area (Å²) < 4.78 is 13.0. The maximum absolute atomic E-state index is 13.0. The summed E-state index contributed by atoms with van der Waals surface area (Å²) >= 11 is 6.29. The third kappa shape index (κ3) is 4.18. The van der Waals surface area contributed by atoms with Crippen molar-refractivity contribution >= 4 is 23.2 Å². The SMILES string of the molecule is Cc1ccc(N2CCC(C3CCN(c4ncc(F)cn4)CC3)CC2)cc1Cl. The zero-order chi connectivity index (χ0) is 18.8. The van der Waals surface area contributed by atoms with E-state index in [0.29, 0.717) is 5.95 Å². The Bertz CT molecular complexity index is 766. The van der Waals surface area contributed by atoms with E-state index in [1.165, 1.54) is 43.8 Å². The topological polar surface area (TPSA) is 32.3 Å². The van der Waals surface area contributed by atoms with Gasteiger partial charge in [0, 0.05) is 36.9 Å². The molecule has 0 N–H and O–H groups in total. The van der Waals surface area contributed by atoms with Crippen LogP contribution in [0.2, 0.25) is 5.02 Å². The molecule has 144 valence electrons. The zero-order valence-electron chi connectivity index (χ0n) is 15.7. The molecule has 0 amide bonds. The maximum Gasteiger partial charge on any atom is 0.225 e. The minimum atomic E-state index is -0.379. The quantitative estimate of drug-likeness (QED) is 0.762. The van der Waals surface area contributed by atoms with Crippen LogP contribution >= 0.6 is 11.6 Å². The van der Waals surface area contributed by atoms with Gasteiger partial charge in [-0.3, -0.25) is 0 Å². The second-order valence-electron chi connectivity index (χ2n) is 7.78. The third-order valence-corrected chi connectivity index (χ3v) is 6.56. The molecule has 27 heavy (non-hydrogen) atoms. The molecular weight excluding hydrogens is 363 g/mol. The predicted octanol–water partition coefficient (Wildman–Crippen LogP) is 4.71. The second-order valence-corrected chi connectivity index (χ2v) is 8.19. The van der Waals surface area contributed by atoms with Gasteiger partial charge in [0.15, 0.2) is 5.82 Å². The molecule has 2 aliphatic rings. The van der Waals surface area contributed by atoms with Crippen molar-refractivity contribution in [3.63, 3.8) is 0 Å². The smallest absolute Gasteiger partial charge is 0.225 e.